The lowest BCUT2D eigenvalue weighted by molar-refractivity contribution is 0.0947. The van der Waals surface area contributed by atoms with Crippen LogP contribution in [0.15, 0.2) is 29.7 Å². The molecule has 0 spiro atoms. The highest BCUT2D eigenvalue weighted by molar-refractivity contribution is 5.90. The summed E-state index contributed by atoms with van der Waals surface area (Å²) < 4.78 is 0. The van der Waals surface area contributed by atoms with Crippen LogP contribution in [0.5, 0.6) is 0 Å². The van der Waals surface area contributed by atoms with E-state index in [9.17, 15) is 0 Å². The van der Waals surface area contributed by atoms with Crippen LogP contribution < -0.4 is 5.32 Å². The van der Waals surface area contributed by atoms with Gasteiger partial charge in [0.05, 0.1) is 12.3 Å². The lowest BCUT2D eigenvalue weighted by Gasteiger charge is -2.17. The van der Waals surface area contributed by atoms with Crippen molar-refractivity contribution in [3.63, 3.8) is 0 Å². The van der Waals surface area contributed by atoms with Gasteiger partial charge in [0.25, 0.3) is 0 Å². The number of aryl methyl sites for hydroxylation is 1. The van der Waals surface area contributed by atoms with Gasteiger partial charge in [0.2, 0.25) is 0 Å². The lowest BCUT2D eigenvalue weighted by Crippen LogP contribution is -2.25. The molecule has 136 valence electrons. The third kappa shape index (κ3) is 3.41. The monoisotopic (exact) mass is 351 g/mol. The smallest absolute Gasteiger partial charge is 0.163 e. The number of nitrogens with one attached hydrogen (secondary N) is 1. The number of aromatic nitrogens is 3. The first-order valence-corrected chi connectivity index (χ1v) is 9.28. The van der Waals surface area contributed by atoms with Crippen LogP contribution in [0.4, 0.5) is 5.82 Å². The summed E-state index contributed by atoms with van der Waals surface area (Å²) in [5.74, 6) is 1.67. The van der Waals surface area contributed by atoms with Crippen molar-refractivity contribution in [3.8, 4) is 11.4 Å². The van der Waals surface area contributed by atoms with Gasteiger partial charge in [-0.05, 0) is 31.4 Å². The van der Waals surface area contributed by atoms with Crippen LogP contribution >= 0.6 is 0 Å². The largest absolute Gasteiger partial charge is 0.390 e. The molecule has 1 aliphatic carbocycles. The molecule has 6 nitrogen and oxygen atoms in total. The minimum absolute atomic E-state index is 0.0538. The number of nitrogens with zero attached hydrogens (tertiary/aromatic N) is 4. The Morgan fingerprint density at radius 1 is 1.23 bits per heavy atom. The molecule has 0 aromatic carbocycles. The Morgan fingerprint density at radius 3 is 2.85 bits per heavy atom. The van der Waals surface area contributed by atoms with Crippen molar-refractivity contribution >= 4 is 11.5 Å². The zero-order chi connectivity index (χ0) is 18.1. The molecule has 1 N–H and O–H groups in total. The van der Waals surface area contributed by atoms with Crippen LogP contribution in [0.25, 0.3) is 11.4 Å². The van der Waals surface area contributed by atoms with Gasteiger partial charge in [0, 0.05) is 41.1 Å². The van der Waals surface area contributed by atoms with E-state index in [1.54, 1.807) is 6.20 Å². The van der Waals surface area contributed by atoms with E-state index in [-0.39, 0.29) is 11.5 Å². The maximum Gasteiger partial charge on any atom is 0.163 e. The van der Waals surface area contributed by atoms with Crippen molar-refractivity contribution < 1.29 is 4.84 Å². The maximum absolute atomic E-state index is 5.62. The van der Waals surface area contributed by atoms with Gasteiger partial charge in [-0.1, -0.05) is 25.9 Å². The maximum atomic E-state index is 5.62. The van der Waals surface area contributed by atoms with Crippen LogP contribution in [0.3, 0.4) is 0 Å². The minimum atomic E-state index is 0.0538. The average Bonchev–Trinajstić information content (AvgIpc) is 3.29. The van der Waals surface area contributed by atoms with Gasteiger partial charge in [0.1, 0.15) is 11.9 Å². The van der Waals surface area contributed by atoms with E-state index >= 15 is 0 Å². The second-order valence-corrected chi connectivity index (χ2v) is 8.02. The molecule has 2 aromatic heterocycles. The minimum Gasteiger partial charge on any atom is -0.390 e. The second kappa shape index (κ2) is 6.67. The fraction of sp³-hybridized carbons (Fsp3) is 0.500. The summed E-state index contributed by atoms with van der Waals surface area (Å²) >= 11 is 0. The molecule has 0 radical (unpaired) electrons. The van der Waals surface area contributed by atoms with E-state index in [1.807, 2.05) is 18.3 Å². The third-order valence-corrected chi connectivity index (χ3v) is 4.95. The summed E-state index contributed by atoms with van der Waals surface area (Å²) in [4.78, 5) is 19.4. The summed E-state index contributed by atoms with van der Waals surface area (Å²) in [6.45, 7) is 7.20. The standard InChI is InChI=1S/C20H25N5O/c1-20(2,3)17-10-14(26-25-17)12-22-19-15-7-4-8-16(15)23-18(24-19)13-6-5-9-21-11-13/h5-6,9,11,14H,4,7-8,10,12H2,1-3H3,(H,22,23,24). The highest BCUT2D eigenvalue weighted by Crippen LogP contribution is 2.30. The average molecular weight is 351 g/mol. The van der Waals surface area contributed by atoms with Crippen molar-refractivity contribution in [1.82, 2.24) is 15.0 Å². The van der Waals surface area contributed by atoms with Crippen molar-refractivity contribution in [2.75, 3.05) is 11.9 Å². The van der Waals surface area contributed by atoms with E-state index in [0.29, 0.717) is 6.54 Å². The number of fused-ring (bicyclic) bond motifs is 1. The van der Waals surface area contributed by atoms with Gasteiger partial charge in [0.15, 0.2) is 5.82 Å². The number of pyridine rings is 1. The molecular formula is C20H25N5O. The molecule has 0 saturated heterocycles. The second-order valence-electron chi connectivity index (χ2n) is 8.02. The predicted octanol–water partition coefficient (Wildman–Crippen LogP) is 3.63. The van der Waals surface area contributed by atoms with Gasteiger partial charge in [-0.15, -0.1) is 0 Å². The number of oxime groups is 1. The zero-order valence-corrected chi connectivity index (χ0v) is 15.6. The van der Waals surface area contributed by atoms with Crippen LogP contribution in [0.2, 0.25) is 0 Å². The Bertz CT molecular complexity index is 826. The molecule has 6 heteroatoms. The molecule has 2 aliphatic rings. The van der Waals surface area contributed by atoms with Gasteiger partial charge >= 0.3 is 0 Å². The lowest BCUT2D eigenvalue weighted by atomic mass is 9.87. The first-order chi connectivity index (χ1) is 12.5. The number of hydrogen-bond donors (Lipinski definition) is 1. The molecule has 0 saturated carbocycles. The van der Waals surface area contributed by atoms with Crippen LogP contribution in [0.1, 0.15) is 44.9 Å². The van der Waals surface area contributed by atoms with Crippen molar-refractivity contribution in [1.29, 1.82) is 0 Å². The fourth-order valence-corrected chi connectivity index (χ4v) is 3.39. The van der Waals surface area contributed by atoms with Gasteiger partial charge in [-0.2, -0.15) is 0 Å². The number of anilines is 1. The molecule has 2 aromatic rings. The molecule has 26 heavy (non-hydrogen) atoms. The Kier molecular flexibility index (Phi) is 4.34. The fourth-order valence-electron chi connectivity index (χ4n) is 3.39. The molecule has 1 aliphatic heterocycles. The zero-order valence-electron chi connectivity index (χ0n) is 15.6. The Labute approximate surface area is 154 Å². The van der Waals surface area contributed by atoms with Crippen LogP contribution in [0, 0.1) is 5.41 Å². The third-order valence-electron chi connectivity index (χ3n) is 4.95. The molecule has 4 rings (SSSR count). The van der Waals surface area contributed by atoms with Gasteiger partial charge in [-0.25, -0.2) is 9.97 Å². The molecule has 1 atom stereocenters. The first kappa shape index (κ1) is 16.9. The van der Waals surface area contributed by atoms with E-state index in [2.05, 4.69) is 36.2 Å². The summed E-state index contributed by atoms with van der Waals surface area (Å²) in [5, 5.41) is 7.77. The van der Waals surface area contributed by atoms with Crippen molar-refractivity contribution in [2.24, 2.45) is 10.6 Å². The van der Waals surface area contributed by atoms with Gasteiger partial charge < -0.3 is 10.2 Å². The summed E-state index contributed by atoms with van der Waals surface area (Å²) in [6.07, 6.45) is 7.66. The predicted molar refractivity (Wildman–Crippen MR) is 102 cm³/mol. The molecular weight excluding hydrogens is 326 g/mol. The van der Waals surface area contributed by atoms with Crippen molar-refractivity contribution in [3.05, 3.63) is 35.8 Å². The Morgan fingerprint density at radius 2 is 2.12 bits per heavy atom. The van der Waals surface area contributed by atoms with Crippen LogP contribution in [-0.4, -0.2) is 33.3 Å². The van der Waals surface area contributed by atoms with Gasteiger partial charge in [-0.3, -0.25) is 4.98 Å². The van der Waals surface area contributed by atoms with E-state index in [4.69, 9.17) is 14.8 Å². The van der Waals surface area contributed by atoms with Crippen molar-refractivity contribution in [2.45, 2.75) is 52.6 Å². The Balaban J connectivity index is 1.51. The number of rotatable bonds is 4. The summed E-state index contributed by atoms with van der Waals surface area (Å²) in [7, 11) is 0. The summed E-state index contributed by atoms with van der Waals surface area (Å²) in [6, 6.07) is 3.91. The Hall–Kier alpha value is -2.50. The molecule has 0 amide bonds. The highest BCUT2D eigenvalue weighted by atomic mass is 16.6. The van der Waals surface area contributed by atoms with E-state index < -0.39 is 0 Å². The van der Waals surface area contributed by atoms with E-state index in [1.165, 1.54) is 5.56 Å². The number of hydrogen-bond acceptors (Lipinski definition) is 6. The quantitative estimate of drug-likeness (QED) is 0.911. The molecule has 1 unspecified atom stereocenters. The normalized spacial score (nSPS) is 19.0. The first-order valence-electron chi connectivity index (χ1n) is 9.28. The molecule has 0 bridgehead atoms. The topological polar surface area (TPSA) is 72.3 Å². The molecule has 0 fully saturated rings. The van der Waals surface area contributed by atoms with Crippen LogP contribution in [-0.2, 0) is 17.7 Å². The van der Waals surface area contributed by atoms with E-state index in [0.717, 1.165) is 54.3 Å². The SMILES string of the molecule is CC(C)(C)C1=NOC(CNc2nc(-c3cccnc3)nc3c2CCC3)C1. The highest BCUT2D eigenvalue weighted by Gasteiger charge is 2.30. The summed E-state index contributed by atoms with van der Waals surface area (Å²) in [5.41, 5.74) is 4.51. The molecule has 3 heterocycles.